The van der Waals surface area contributed by atoms with E-state index in [4.69, 9.17) is 0 Å². The van der Waals surface area contributed by atoms with Crippen molar-refractivity contribution in [1.82, 2.24) is 0 Å². The van der Waals surface area contributed by atoms with Gasteiger partial charge < -0.3 is 5.11 Å². The average Bonchev–Trinajstić information content (AvgIpc) is 2.26. The highest BCUT2D eigenvalue weighted by Crippen LogP contribution is 2.24. The second-order valence-corrected chi connectivity index (χ2v) is 4.38. The van der Waals surface area contributed by atoms with Crippen molar-refractivity contribution in [3.8, 4) is 0 Å². The summed E-state index contributed by atoms with van der Waals surface area (Å²) in [6, 6.07) is 12.0. The summed E-state index contributed by atoms with van der Waals surface area (Å²) in [7, 11) is 0. The molecular weight excluding hydrogens is 215 g/mol. The fourth-order valence-electron chi connectivity index (χ4n) is 2.04. The van der Waals surface area contributed by atoms with Crippen LogP contribution in [0.3, 0.4) is 0 Å². The molecule has 2 aromatic carbocycles. The molecule has 0 aromatic heterocycles. The largest absolute Gasteiger partial charge is 0.384 e. The molecule has 0 heterocycles. The van der Waals surface area contributed by atoms with E-state index in [9.17, 15) is 9.50 Å². The second-order valence-electron chi connectivity index (χ2n) is 4.38. The molecule has 0 saturated carbocycles. The van der Waals surface area contributed by atoms with Gasteiger partial charge in [0, 0.05) is 0 Å². The number of benzene rings is 2. The maximum absolute atomic E-state index is 13.1. The Labute approximate surface area is 101 Å². The number of rotatable bonds is 2. The van der Waals surface area contributed by atoms with Crippen molar-refractivity contribution < 1.29 is 9.50 Å². The first-order valence-corrected chi connectivity index (χ1v) is 5.58. The van der Waals surface area contributed by atoms with Gasteiger partial charge in [-0.3, -0.25) is 0 Å². The first-order valence-electron chi connectivity index (χ1n) is 5.58. The van der Waals surface area contributed by atoms with Crippen LogP contribution in [-0.2, 0) is 0 Å². The van der Waals surface area contributed by atoms with Gasteiger partial charge in [-0.15, -0.1) is 0 Å². The van der Waals surface area contributed by atoms with Gasteiger partial charge in [0.15, 0.2) is 0 Å². The summed E-state index contributed by atoms with van der Waals surface area (Å²) in [5.41, 5.74) is 3.56. The molecule has 0 aliphatic heterocycles. The van der Waals surface area contributed by atoms with Crippen molar-refractivity contribution in [2.75, 3.05) is 0 Å². The predicted octanol–water partition coefficient (Wildman–Crippen LogP) is 3.52. The lowest BCUT2D eigenvalue weighted by molar-refractivity contribution is 0.219. The molecule has 2 rings (SSSR count). The number of hydrogen-bond acceptors (Lipinski definition) is 1. The molecule has 17 heavy (non-hydrogen) atoms. The zero-order valence-electron chi connectivity index (χ0n) is 9.94. The Balaban J connectivity index is 2.39. The minimum atomic E-state index is -0.774. The molecule has 0 unspecified atom stereocenters. The molecule has 0 aliphatic carbocycles. The van der Waals surface area contributed by atoms with Gasteiger partial charge in [0.1, 0.15) is 11.9 Å². The Morgan fingerprint density at radius 2 is 1.59 bits per heavy atom. The average molecular weight is 230 g/mol. The zero-order valence-corrected chi connectivity index (χ0v) is 9.94. The third-order valence-corrected chi connectivity index (χ3v) is 2.72. The predicted molar refractivity (Wildman–Crippen MR) is 66.4 cm³/mol. The topological polar surface area (TPSA) is 20.2 Å². The molecule has 0 fully saturated rings. The fraction of sp³-hybridized carbons (Fsp3) is 0.200. The van der Waals surface area contributed by atoms with Crippen molar-refractivity contribution in [3.05, 3.63) is 70.5 Å². The third kappa shape index (κ3) is 2.71. The van der Waals surface area contributed by atoms with Crippen LogP contribution in [0.5, 0.6) is 0 Å². The summed E-state index contributed by atoms with van der Waals surface area (Å²) in [6.07, 6.45) is -0.774. The Hall–Kier alpha value is -1.67. The van der Waals surface area contributed by atoms with Crippen LogP contribution < -0.4 is 0 Å². The van der Waals surface area contributed by atoms with Gasteiger partial charge in [-0.05, 0) is 37.1 Å². The molecule has 1 nitrogen and oxygen atoms in total. The van der Waals surface area contributed by atoms with Crippen molar-refractivity contribution in [1.29, 1.82) is 0 Å². The summed E-state index contributed by atoms with van der Waals surface area (Å²) < 4.78 is 13.1. The fourth-order valence-corrected chi connectivity index (χ4v) is 2.04. The van der Waals surface area contributed by atoms with E-state index in [1.807, 2.05) is 32.0 Å². The Morgan fingerprint density at radius 1 is 0.941 bits per heavy atom. The first kappa shape index (κ1) is 11.8. The van der Waals surface area contributed by atoms with Gasteiger partial charge in [-0.1, -0.05) is 41.5 Å². The van der Waals surface area contributed by atoms with E-state index in [-0.39, 0.29) is 5.82 Å². The maximum atomic E-state index is 13.1. The monoisotopic (exact) mass is 230 g/mol. The van der Waals surface area contributed by atoms with Gasteiger partial charge >= 0.3 is 0 Å². The van der Waals surface area contributed by atoms with Crippen LogP contribution in [0.4, 0.5) is 4.39 Å². The number of aliphatic hydroxyl groups is 1. The maximum Gasteiger partial charge on any atom is 0.123 e. The summed E-state index contributed by atoms with van der Waals surface area (Å²) in [5, 5.41) is 10.2. The van der Waals surface area contributed by atoms with Crippen LogP contribution in [0.25, 0.3) is 0 Å². The highest BCUT2D eigenvalue weighted by atomic mass is 19.1. The molecule has 1 N–H and O–H groups in total. The quantitative estimate of drug-likeness (QED) is 0.836. The Morgan fingerprint density at radius 3 is 2.18 bits per heavy atom. The van der Waals surface area contributed by atoms with Crippen molar-refractivity contribution >= 4 is 0 Å². The van der Waals surface area contributed by atoms with Crippen LogP contribution in [-0.4, -0.2) is 5.11 Å². The Kier molecular flexibility index (Phi) is 3.25. The van der Waals surface area contributed by atoms with Crippen LogP contribution in [0, 0.1) is 19.7 Å². The lowest BCUT2D eigenvalue weighted by Gasteiger charge is -2.13. The second kappa shape index (κ2) is 4.68. The molecule has 88 valence electrons. The number of hydrogen-bond donors (Lipinski definition) is 1. The molecular formula is C15H15FO. The third-order valence-electron chi connectivity index (χ3n) is 2.72. The van der Waals surface area contributed by atoms with Crippen molar-refractivity contribution in [3.63, 3.8) is 0 Å². The molecule has 1 atom stereocenters. The normalized spacial score (nSPS) is 12.5. The van der Waals surface area contributed by atoms with Crippen molar-refractivity contribution in [2.24, 2.45) is 0 Å². The Bertz CT molecular complexity index is 514. The van der Waals surface area contributed by atoms with E-state index in [2.05, 4.69) is 0 Å². The van der Waals surface area contributed by atoms with E-state index in [0.29, 0.717) is 5.56 Å². The van der Waals surface area contributed by atoms with Gasteiger partial charge in [0.25, 0.3) is 0 Å². The molecule has 0 bridgehead atoms. The number of aryl methyl sites for hydroxylation is 2. The summed E-state index contributed by atoms with van der Waals surface area (Å²) in [5.74, 6) is -0.328. The van der Waals surface area contributed by atoms with Crippen LogP contribution >= 0.6 is 0 Å². The highest BCUT2D eigenvalue weighted by molar-refractivity contribution is 5.35. The molecule has 2 heteroatoms. The smallest absolute Gasteiger partial charge is 0.123 e. The lowest BCUT2D eigenvalue weighted by atomic mass is 9.98. The standard InChI is InChI=1S/C15H15FO/c1-10-6-11(2)8-13(7-10)15(17)12-4-3-5-14(16)9-12/h3-9,15,17H,1-2H3/t15-/m0/s1. The number of halogens is 1. The lowest BCUT2D eigenvalue weighted by Crippen LogP contribution is -2.01. The van der Waals surface area contributed by atoms with E-state index in [1.165, 1.54) is 12.1 Å². The molecule has 0 aliphatic rings. The highest BCUT2D eigenvalue weighted by Gasteiger charge is 2.11. The minimum Gasteiger partial charge on any atom is -0.384 e. The van der Waals surface area contributed by atoms with Gasteiger partial charge in [0.05, 0.1) is 0 Å². The molecule has 0 spiro atoms. The SMILES string of the molecule is Cc1cc(C)cc([C@@H](O)c2cccc(F)c2)c1. The van der Waals surface area contributed by atoms with Gasteiger partial charge in [0.2, 0.25) is 0 Å². The van der Waals surface area contributed by atoms with Crippen molar-refractivity contribution in [2.45, 2.75) is 20.0 Å². The molecule has 2 aromatic rings. The first-order chi connectivity index (χ1) is 8.06. The van der Waals surface area contributed by atoms with Crippen LogP contribution in [0.1, 0.15) is 28.4 Å². The van der Waals surface area contributed by atoms with Gasteiger partial charge in [-0.25, -0.2) is 4.39 Å². The number of aliphatic hydroxyl groups excluding tert-OH is 1. The van der Waals surface area contributed by atoms with E-state index < -0.39 is 6.10 Å². The van der Waals surface area contributed by atoms with Crippen LogP contribution in [0.15, 0.2) is 42.5 Å². The van der Waals surface area contributed by atoms with Gasteiger partial charge in [-0.2, -0.15) is 0 Å². The molecule has 0 saturated heterocycles. The van der Waals surface area contributed by atoms with E-state index in [0.717, 1.165) is 16.7 Å². The molecule has 0 amide bonds. The van der Waals surface area contributed by atoms with E-state index in [1.54, 1.807) is 12.1 Å². The summed E-state index contributed by atoms with van der Waals surface area (Å²) in [4.78, 5) is 0. The van der Waals surface area contributed by atoms with Crippen LogP contribution in [0.2, 0.25) is 0 Å². The summed E-state index contributed by atoms with van der Waals surface area (Å²) in [6.45, 7) is 3.96. The summed E-state index contributed by atoms with van der Waals surface area (Å²) >= 11 is 0. The zero-order chi connectivity index (χ0) is 12.4. The minimum absolute atomic E-state index is 0.328. The molecule has 0 radical (unpaired) electrons. The van der Waals surface area contributed by atoms with E-state index >= 15 is 0 Å².